The van der Waals surface area contributed by atoms with Gasteiger partial charge < -0.3 is 14.8 Å². The first-order valence-corrected chi connectivity index (χ1v) is 7.07. The van der Waals surface area contributed by atoms with Gasteiger partial charge in [-0.05, 0) is 36.5 Å². The number of hydrogen-bond acceptors (Lipinski definition) is 3. The summed E-state index contributed by atoms with van der Waals surface area (Å²) in [7, 11) is 0. The molecular weight excluding hydrogens is 245 g/mol. The highest BCUT2D eigenvalue weighted by molar-refractivity contribution is 5.31. The molecule has 3 rings (SSSR count). The number of morpholine rings is 1. The van der Waals surface area contributed by atoms with Crippen molar-refractivity contribution in [3.63, 3.8) is 0 Å². The minimum Gasteiger partial charge on any atom is -0.490 e. The van der Waals surface area contributed by atoms with Crippen LogP contribution in [0, 0.1) is 11.7 Å². The first-order valence-electron chi connectivity index (χ1n) is 7.07. The van der Waals surface area contributed by atoms with E-state index in [1.807, 2.05) is 6.07 Å². The monoisotopic (exact) mass is 265 g/mol. The molecule has 19 heavy (non-hydrogen) atoms. The van der Waals surface area contributed by atoms with Crippen LogP contribution in [-0.2, 0) is 4.74 Å². The average molecular weight is 265 g/mol. The Morgan fingerprint density at radius 3 is 2.89 bits per heavy atom. The van der Waals surface area contributed by atoms with Crippen LogP contribution in [0.15, 0.2) is 18.2 Å². The molecule has 0 amide bonds. The van der Waals surface area contributed by atoms with E-state index < -0.39 is 0 Å². The Bertz CT molecular complexity index is 428. The molecule has 0 aromatic heterocycles. The molecule has 0 bridgehead atoms. The van der Waals surface area contributed by atoms with Crippen LogP contribution in [0.25, 0.3) is 0 Å². The van der Waals surface area contributed by atoms with Gasteiger partial charge in [0.05, 0.1) is 19.3 Å². The predicted octanol–water partition coefficient (Wildman–Crippen LogP) is 2.67. The Morgan fingerprint density at radius 2 is 2.26 bits per heavy atom. The Morgan fingerprint density at radius 1 is 1.37 bits per heavy atom. The van der Waals surface area contributed by atoms with Crippen molar-refractivity contribution in [3.8, 4) is 5.75 Å². The maximum absolute atomic E-state index is 14.0. The topological polar surface area (TPSA) is 30.5 Å². The second-order valence-electron chi connectivity index (χ2n) is 5.36. The zero-order chi connectivity index (χ0) is 13.1. The van der Waals surface area contributed by atoms with E-state index in [1.165, 1.54) is 25.3 Å². The molecule has 1 aromatic rings. The fraction of sp³-hybridized carbons (Fsp3) is 0.600. The van der Waals surface area contributed by atoms with E-state index in [-0.39, 0.29) is 11.9 Å². The SMILES string of the molecule is Fc1cc(C2CNCCO2)ccc1OCC1CCC1. The van der Waals surface area contributed by atoms with Gasteiger partial charge in [0.15, 0.2) is 11.6 Å². The van der Waals surface area contributed by atoms with Gasteiger partial charge in [-0.2, -0.15) is 0 Å². The Labute approximate surface area is 113 Å². The van der Waals surface area contributed by atoms with E-state index in [9.17, 15) is 4.39 Å². The first-order chi connectivity index (χ1) is 9.33. The van der Waals surface area contributed by atoms with Crippen molar-refractivity contribution in [1.82, 2.24) is 5.32 Å². The number of rotatable bonds is 4. The third-order valence-electron chi connectivity index (χ3n) is 3.95. The number of hydrogen-bond donors (Lipinski definition) is 1. The molecule has 1 unspecified atom stereocenters. The van der Waals surface area contributed by atoms with Crippen LogP contribution < -0.4 is 10.1 Å². The molecule has 1 aliphatic heterocycles. The van der Waals surface area contributed by atoms with Crippen molar-refractivity contribution >= 4 is 0 Å². The predicted molar refractivity (Wildman–Crippen MR) is 70.8 cm³/mol. The van der Waals surface area contributed by atoms with Crippen molar-refractivity contribution in [2.24, 2.45) is 5.92 Å². The summed E-state index contributed by atoms with van der Waals surface area (Å²) in [5.41, 5.74) is 0.876. The molecule has 1 saturated carbocycles. The Kier molecular flexibility index (Phi) is 3.99. The minimum atomic E-state index is -0.286. The number of benzene rings is 1. The molecule has 104 valence electrons. The second-order valence-corrected chi connectivity index (χ2v) is 5.36. The van der Waals surface area contributed by atoms with Crippen molar-refractivity contribution < 1.29 is 13.9 Å². The van der Waals surface area contributed by atoms with Crippen LogP contribution in [0.5, 0.6) is 5.75 Å². The summed E-state index contributed by atoms with van der Waals surface area (Å²) in [6.45, 7) is 2.91. The summed E-state index contributed by atoms with van der Waals surface area (Å²) in [5.74, 6) is 0.690. The van der Waals surface area contributed by atoms with Gasteiger partial charge in [0, 0.05) is 13.1 Å². The summed E-state index contributed by atoms with van der Waals surface area (Å²) in [4.78, 5) is 0. The van der Waals surface area contributed by atoms with E-state index in [4.69, 9.17) is 9.47 Å². The summed E-state index contributed by atoms with van der Waals surface area (Å²) < 4.78 is 25.1. The fourth-order valence-electron chi connectivity index (χ4n) is 2.48. The number of nitrogens with one attached hydrogen (secondary N) is 1. The lowest BCUT2D eigenvalue weighted by Gasteiger charge is -2.26. The van der Waals surface area contributed by atoms with E-state index >= 15 is 0 Å². The van der Waals surface area contributed by atoms with Gasteiger partial charge in [0.1, 0.15) is 0 Å². The van der Waals surface area contributed by atoms with Gasteiger partial charge >= 0.3 is 0 Å². The maximum atomic E-state index is 14.0. The normalized spacial score (nSPS) is 23.9. The molecule has 0 spiro atoms. The molecule has 4 heteroatoms. The van der Waals surface area contributed by atoms with Crippen molar-refractivity contribution in [2.75, 3.05) is 26.3 Å². The van der Waals surface area contributed by atoms with Gasteiger partial charge in [-0.15, -0.1) is 0 Å². The van der Waals surface area contributed by atoms with E-state index in [2.05, 4.69) is 5.32 Å². The van der Waals surface area contributed by atoms with Crippen LogP contribution >= 0.6 is 0 Å². The molecule has 1 heterocycles. The molecule has 2 aliphatic rings. The summed E-state index contributed by atoms with van der Waals surface area (Å²) in [6, 6.07) is 5.16. The van der Waals surface area contributed by atoms with Gasteiger partial charge in [-0.25, -0.2) is 4.39 Å². The number of ether oxygens (including phenoxy) is 2. The van der Waals surface area contributed by atoms with Crippen LogP contribution in [0.3, 0.4) is 0 Å². The molecule has 1 aliphatic carbocycles. The highest BCUT2D eigenvalue weighted by Crippen LogP contribution is 2.29. The summed E-state index contributed by atoms with van der Waals surface area (Å²) in [5, 5.41) is 3.24. The first kappa shape index (κ1) is 12.9. The fourth-order valence-corrected chi connectivity index (χ4v) is 2.48. The lowest BCUT2D eigenvalue weighted by Crippen LogP contribution is -2.33. The summed E-state index contributed by atoms with van der Waals surface area (Å²) in [6.07, 6.45) is 3.65. The van der Waals surface area contributed by atoms with Crippen LogP contribution in [-0.4, -0.2) is 26.3 Å². The molecule has 0 radical (unpaired) electrons. The smallest absolute Gasteiger partial charge is 0.165 e. The van der Waals surface area contributed by atoms with Crippen molar-refractivity contribution in [3.05, 3.63) is 29.6 Å². The third-order valence-corrected chi connectivity index (χ3v) is 3.95. The lowest BCUT2D eigenvalue weighted by molar-refractivity contribution is 0.0274. The third kappa shape index (κ3) is 3.07. The molecule has 1 N–H and O–H groups in total. The van der Waals surface area contributed by atoms with Crippen molar-refractivity contribution in [2.45, 2.75) is 25.4 Å². The van der Waals surface area contributed by atoms with E-state index in [1.54, 1.807) is 6.07 Å². The van der Waals surface area contributed by atoms with Gasteiger partial charge in [0.25, 0.3) is 0 Å². The highest BCUT2D eigenvalue weighted by atomic mass is 19.1. The Hall–Kier alpha value is -1.13. The zero-order valence-corrected chi connectivity index (χ0v) is 11.0. The van der Waals surface area contributed by atoms with Crippen LogP contribution in [0.1, 0.15) is 30.9 Å². The molecule has 1 saturated heterocycles. The molecule has 1 atom stereocenters. The van der Waals surface area contributed by atoms with Crippen LogP contribution in [0.4, 0.5) is 4.39 Å². The molecular formula is C15H20FNO2. The van der Waals surface area contributed by atoms with E-state index in [0.717, 1.165) is 18.7 Å². The molecule has 3 nitrogen and oxygen atoms in total. The quantitative estimate of drug-likeness (QED) is 0.908. The van der Waals surface area contributed by atoms with Gasteiger partial charge in [0.2, 0.25) is 0 Å². The lowest BCUT2D eigenvalue weighted by atomic mass is 9.86. The van der Waals surface area contributed by atoms with Gasteiger partial charge in [-0.1, -0.05) is 12.5 Å². The molecule has 2 fully saturated rings. The summed E-state index contributed by atoms with van der Waals surface area (Å²) >= 11 is 0. The van der Waals surface area contributed by atoms with E-state index in [0.29, 0.717) is 24.9 Å². The highest BCUT2D eigenvalue weighted by Gasteiger charge is 2.20. The standard InChI is InChI=1S/C15H20FNO2/c16-13-8-12(15-9-17-6-7-18-15)4-5-14(13)19-10-11-2-1-3-11/h4-5,8,11,15,17H,1-3,6-7,9-10H2. The maximum Gasteiger partial charge on any atom is 0.165 e. The number of halogens is 1. The van der Waals surface area contributed by atoms with Crippen molar-refractivity contribution in [1.29, 1.82) is 0 Å². The molecule has 1 aromatic carbocycles. The Balaban J connectivity index is 1.62. The minimum absolute atomic E-state index is 0.0519. The second kappa shape index (κ2) is 5.88. The largest absolute Gasteiger partial charge is 0.490 e. The zero-order valence-electron chi connectivity index (χ0n) is 11.0. The average Bonchev–Trinajstić information content (AvgIpc) is 2.40. The van der Waals surface area contributed by atoms with Crippen LogP contribution in [0.2, 0.25) is 0 Å². The van der Waals surface area contributed by atoms with Gasteiger partial charge in [-0.3, -0.25) is 0 Å².